The number of rotatable bonds is 2. The summed E-state index contributed by atoms with van der Waals surface area (Å²) in [5, 5.41) is 2.69. The van der Waals surface area contributed by atoms with Crippen molar-refractivity contribution in [2.45, 2.75) is 12.8 Å². The highest BCUT2D eigenvalue weighted by atomic mass is 19.1. The van der Waals surface area contributed by atoms with Gasteiger partial charge in [0.1, 0.15) is 11.6 Å². The lowest BCUT2D eigenvalue weighted by atomic mass is 9.93. The van der Waals surface area contributed by atoms with Crippen molar-refractivity contribution in [2.75, 3.05) is 25.5 Å². The Labute approximate surface area is 177 Å². The van der Waals surface area contributed by atoms with Crippen LogP contribution in [-0.4, -0.2) is 30.6 Å². The van der Waals surface area contributed by atoms with Gasteiger partial charge < -0.3 is 20.5 Å². The zero-order valence-corrected chi connectivity index (χ0v) is 16.5. The van der Waals surface area contributed by atoms with Crippen molar-refractivity contribution >= 4 is 11.7 Å². The van der Waals surface area contributed by atoms with Crippen LogP contribution < -0.4 is 20.5 Å². The standard InChI is InChI=1S/C23H19F2N3O3/c24-18-11-15-13(4-5-27-23(15)29)8-16(18)17-10-14(21(25)28-22(17)26)12-2-3-19-20(9-12)31-7-1-6-30-19/h2-3,8-11H,1,4-7H2,(H2,26,28)(H,27,29). The van der Waals surface area contributed by atoms with Gasteiger partial charge in [0.25, 0.3) is 5.91 Å². The number of hydrogen-bond acceptors (Lipinski definition) is 5. The van der Waals surface area contributed by atoms with Gasteiger partial charge in [0, 0.05) is 35.2 Å². The molecule has 3 N–H and O–H groups in total. The second-order valence-corrected chi connectivity index (χ2v) is 7.47. The maximum Gasteiger partial charge on any atom is 0.251 e. The van der Waals surface area contributed by atoms with Crippen molar-refractivity contribution in [3.05, 3.63) is 59.3 Å². The molecule has 5 rings (SSSR count). The molecular weight excluding hydrogens is 404 g/mol. The summed E-state index contributed by atoms with van der Waals surface area (Å²) in [6, 6.07) is 9.34. The predicted molar refractivity (Wildman–Crippen MR) is 111 cm³/mol. The summed E-state index contributed by atoms with van der Waals surface area (Å²) in [6.07, 6.45) is 1.32. The van der Waals surface area contributed by atoms with E-state index in [-0.39, 0.29) is 28.4 Å². The van der Waals surface area contributed by atoms with Gasteiger partial charge in [-0.15, -0.1) is 0 Å². The molecule has 158 valence electrons. The molecule has 6 nitrogen and oxygen atoms in total. The molecule has 3 heterocycles. The van der Waals surface area contributed by atoms with Gasteiger partial charge in [-0.2, -0.15) is 4.39 Å². The first-order valence-electron chi connectivity index (χ1n) is 9.98. The Morgan fingerprint density at radius 1 is 0.935 bits per heavy atom. The molecule has 0 atom stereocenters. The number of anilines is 1. The minimum absolute atomic E-state index is 0.130. The SMILES string of the molecule is Nc1nc(F)c(-c2ccc3c(c2)OCCCO3)cc1-c1cc2c(cc1F)C(=O)NCC2. The Morgan fingerprint density at radius 3 is 2.58 bits per heavy atom. The molecule has 0 spiro atoms. The van der Waals surface area contributed by atoms with Gasteiger partial charge in [0.15, 0.2) is 11.5 Å². The summed E-state index contributed by atoms with van der Waals surface area (Å²) in [4.78, 5) is 15.8. The summed E-state index contributed by atoms with van der Waals surface area (Å²) >= 11 is 0. The maximum absolute atomic E-state index is 14.9. The first-order valence-corrected chi connectivity index (χ1v) is 9.98. The molecule has 0 unspecified atom stereocenters. The van der Waals surface area contributed by atoms with E-state index in [4.69, 9.17) is 15.2 Å². The van der Waals surface area contributed by atoms with Crippen LogP contribution in [0.1, 0.15) is 22.3 Å². The van der Waals surface area contributed by atoms with E-state index in [1.165, 1.54) is 12.1 Å². The molecule has 2 aromatic carbocycles. The monoisotopic (exact) mass is 423 g/mol. The van der Waals surface area contributed by atoms with E-state index in [0.29, 0.717) is 54.4 Å². The number of nitrogen functional groups attached to an aromatic ring is 1. The number of nitrogens with one attached hydrogen (secondary N) is 1. The molecule has 31 heavy (non-hydrogen) atoms. The molecule has 8 heteroatoms. The Morgan fingerprint density at radius 2 is 1.74 bits per heavy atom. The average molecular weight is 423 g/mol. The van der Waals surface area contributed by atoms with Crippen molar-refractivity contribution < 1.29 is 23.0 Å². The number of nitrogens with zero attached hydrogens (tertiary/aromatic N) is 1. The lowest BCUT2D eigenvalue weighted by Gasteiger charge is -2.19. The number of aromatic nitrogens is 1. The Bertz CT molecular complexity index is 1210. The van der Waals surface area contributed by atoms with E-state index in [2.05, 4.69) is 10.3 Å². The highest BCUT2D eigenvalue weighted by Crippen LogP contribution is 2.38. The second kappa shape index (κ2) is 7.54. The lowest BCUT2D eigenvalue weighted by molar-refractivity contribution is 0.0945. The Hall–Kier alpha value is -3.68. The van der Waals surface area contributed by atoms with Gasteiger partial charge in [-0.1, -0.05) is 6.07 Å². The average Bonchev–Trinajstić information content (AvgIpc) is 2.99. The number of carbonyl (C=O) groups excluding carboxylic acids is 1. The predicted octanol–water partition coefficient (Wildman–Crippen LogP) is 3.72. The molecular formula is C23H19F2N3O3. The zero-order chi connectivity index (χ0) is 21.5. The normalized spacial score (nSPS) is 15.1. The number of ether oxygens (including phenoxy) is 2. The van der Waals surface area contributed by atoms with Crippen molar-refractivity contribution in [2.24, 2.45) is 0 Å². The highest BCUT2D eigenvalue weighted by Gasteiger charge is 2.23. The van der Waals surface area contributed by atoms with E-state index >= 15 is 0 Å². The molecule has 3 aromatic rings. The maximum atomic E-state index is 14.9. The van der Waals surface area contributed by atoms with Gasteiger partial charge in [0.2, 0.25) is 5.95 Å². The topological polar surface area (TPSA) is 86.5 Å². The smallest absolute Gasteiger partial charge is 0.251 e. The van der Waals surface area contributed by atoms with Crippen LogP contribution in [0.3, 0.4) is 0 Å². The zero-order valence-electron chi connectivity index (χ0n) is 16.5. The third-order valence-corrected chi connectivity index (χ3v) is 5.47. The van der Waals surface area contributed by atoms with Gasteiger partial charge in [-0.25, -0.2) is 9.37 Å². The number of amides is 1. The number of fused-ring (bicyclic) bond motifs is 2. The van der Waals surface area contributed by atoms with Crippen LogP contribution in [0, 0.1) is 11.8 Å². The summed E-state index contributed by atoms with van der Waals surface area (Å²) < 4.78 is 41.0. The second-order valence-electron chi connectivity index (χ2n) is 7.47. The van der Waals surface area contributed by atoms with Crippen molar-refractivity contribution in [3.63, 3.8) is 0 Å². The minimum atomic E-state index is -0.770. The number of carbonyl (C=O) groups is 1. The van der Waals surface area contributed by atoms with E-state index in [9.17, 15) is 13.6 Å². The fourth-order valence-electron chi connectivity index (χ4n) is 3.90. The number of hydrogen-bond donors (Lipinski definition) is 2. The molecule has 0 saturated carbocycles. The molecule has 0 saturated heterocycles. The van der Waals surface area contributed by atoms with E-state index < -0.39 is 11.8 Å². The third kappa shape index (κ3) is 3.43. The van der Waals surface area contributed by atoms with Crippen LogP contribution in [-0.2, 0) is 6.42 Å². The summed E-state index contributed by atoms with van der Waals surface area (Å²) in [5.41, 5.74) is 8.07. The minimum Gasteiger partial charge on any atom is -0.490 e. The number of nitrogens with two attached hydrogens (primary N) is 1. The van der Waals surface area contributed by atoms with Crippen molar-refractivity contribution in [1.29, 1.82) is 0 Å². The van der Waals surface area contributed by atoms with Crippen molar-refractivity contribution in [3.8, 4) is 33.8 Å². The number of pyridine rings is 1. The molecule has 0 bridgehead atoms. The van der Waals surface area contributed by atoms with Crippen LogP contribution in [0.4, 0.5) is 14.6 Å². The summed E-state index contributed by atoms with van der Waals surface area (Å²) in [6.45, 7) is 1.51. The summed E-state index contributed by atoms with van der Waals surface area (Å²) in [7, 11) is 0. The first-order chi connectivity index (χ1) is 15.0. The van der Waals surface area contributed by atoms with Crippen LogP contribution in [0.2, 0.25) is 0 Å². The van der Waals surface area contributed by atoms with Crippen LogP contribution in [0.5, 0.6) is 11.5 Å². The van der Waals surface area contributed by atoms with Crippen LogP contribution in [0.25, 0.3) is 22.3 Å². The molecule has 1 amide bonds. The Balaban J connectivity index is 1.62. The molecule has 0 aliphatic carbocycles. The quantitative estimate of drug-likeness (QED) is 0.614. The largest absolute Gasteiger partial charge is 0.490 e. The Kier molecular flexibility index (Phi) is 4.69. The van der Waals surface area contributed by atoms with Gasteiger partial charge in [0.05, 0.1) is 13.2 Å². The molecule has 1 aromatic heterocycles. The van der Waals surface area contributed by atoms with Gasteiger partial charge >= 0.3 is 0 Å². The van der Waals surface area contributed by atoms with E-state index in [1.807, 2.05) is 0 Å². The highest BCUT2D eigenvalue weighted by molar-refractivity contribution is 5.97. The van der Waals surface area contributed by atoms with Crippen molar-refractivity contribution in [1.82, 2.24) is 10.3 Å². The molecule has 2 aliphatic rings. The van der Waals surface area contributed by atoms with E-state index in [1.54, 1.807) is 24.3 Å². The fraction of sp³-hybridized carbons (Fsp3) is 0.217. The number of halogens is 2. The third-order valence-electron chi connectivity index (χ3n) is 5.47. The lowest BCUT2D eigenvalue weighted by Crippen LogP contribution is -2.32. The van der Waals surface area contributed by atoms with Gasteiger partial charge in [-0.3, -0.25) is 4.79 Å². The van der Waals surface area contributed by atoms with E-state index in [0.717, 1.165) is 6.42 Å². The number of benzene rings is 2. The summed E-state index contributed by atoms with van der Waals surface area (Å²) in [5.74, 6) is -0.739. The van der Waals surface area contributed by atoms with Gasteiger partial charge in [-0.05, 0) is 47.9 Å². The first kappa shape index (κ1) is 19.3. The molecule has 2 aliphatic heterocycles. The molecule has 0 fully saturated rings. The van der Waals surface area contributed by atoms with Crippen LogP contribution >= 0.6 is 0 Å². The van der Waals surface area contributed by atoms with Crippen LogP contribution in [0.15, 0.2) is 36.4 Å². The molecule has 0 radical (unpaired) electrons. The fourth-order valence-corrected chi connectivity index (χ4v) is 3.90.